The minimum absolute atomic E-state index is 0. The average molecular weight is 332 g/mol. The SMILES string of the molecule is CC(C)(C)C(=O)N1CCCC(C(=O)NCC2CCCN2)C1.Cl. The molecule has 0 aromatic carbocycles. The first-order chi connectivity index (χ1) is 9.88. The molecule has 2 fully saturated rings. The maximum atomic E-state index is 12.3. The molecule has 2 unspecified atom stereocenters. The van der Waals surface area contributed by atoms with Crippen LogP contribution in [0.25, 0.3) is 0 Å². The molecule has 0 aliphatic carbocycles. The number of halogens is 1. The van der Waals surface area contributed by atoms with Crippen LogP contribution >= 0.6 is 12.4 Å². The molecule has 2 rings (SSSR count). The van der Waals surface area contributed by atoms with Crippen LogP contribution in [-0.4, -0.2) is 48.9 Å². The van der Waals surface area contributed by atoms with Gasteiger partial charge in [-0.15, -0.1) is 12.4 Å². The van der Waals surface area contributed by atoms with Gasteiger partial charge in [-0.25, -0.2) is 0 Å². The quantitative estimate of drug-likeness (QED) is 0.825. The predicted octanol–water partition coefficient (Wildman–Crippen LogP) is 1.56. The number of amides is 2. The van der Waals surface area contributed by atoms with Crippen molar-refractivity contribution in [1.29, 1.82) is 0 Å². The molecular formula is C16H30ClN3O2. The monoisotopic (exact) mass is 331 g/mol. The number of rotatable bonds is 3. The highest BCUT2D eigenvalue weighted by atomic mass is 35.5. The van der Waals surface area contributed by atoms with E-state index >= 15 is 0 Å². The van der Waals surface area contributed by atoms with Crippen molar-refractivity contribution in [2.45, 2.75) is 52.5 Å². The van der Waals surface area contributed by atoms with Crippen molar-refractivity contribution in [1.82, 2.24) is 15.5 Å². The van der Waals surface area contributed by atoms with Crippen LogP contribution in [0.5, 0.6) is 0 Å². The molecule has 5 nitrogen and oxygen atoms in total. The number of nitrogens with zero attached hydrogens (tertiary/aromatic N) is 1. The van der Waals surface area contributed by atoms with Crippen molar-refractivity contribution in [3.8, 4) is 0 Å². The van der Waals surface area contributed by atoms with E-state index in [2.05, 4.69) is 10.6 Å². The van der Waals surface area contributed by atoms with Crippen molar-refractivity contribution in [2.24, 2.45) is 11.3 Å². The van der Waals surface area contributed by atoms with Crippen LogP contribution in [-0.2, 0) is 9.59 Å². The standard InChI is InChI=1S/C16H29N3O2.ClH/c1-16(2,3)15(21)19-9-5-6-12(11-19)14(20)18-10-13-7-4-8-17-13;/h12-13,17H,4-11H2,1-3H3,(H,18,20);1H. The molecule has 2 atom stereocenters. The van der Waals surface area contributed by atoms with E-state index in [1.165, 1.54) is 6.42 Å². The van der Waals surface area contributed by atoms with E-state index in [4.69, 9.17) is 0 Å². The lowest BCUT2D eigenvalue weighted by Gasteiger charge is -2.36. The molecule has 2 aliphatic rings. The smallest absolute Gasteiger partial charge is 0.227 e. The number of hydrogen-bond acceptors (Lipinski definition) is 3. The third-order valence-electron chi connectivity index (χ3n) is 4.41. The Hall–Kier alpha value is -0.810. The Bertz CT molecular complexity index is 389. The Morgan fingerprint density at radius 2 is 1.95 bits per heavy atom. The maximum Gasteiger partial charge on any atom is 0.227 e. The van der Waals surface area contributed by atoms with Gasteiger partial charge >= 0.3 is 0 Å². The van der Waals surface area contributed by atoms with Crippen molar-refractivity contribution in [2.75, 3.05) is 26.2 Å². The highest BCUT2D eigenvalue weighted by Crippen LogP contribution is 2.23. The fourth-order valence-corrected chi connectivity index (χ4v) is 3.15. The van der Waals surface area contributed by atoms with Crippen LogP contribution in [0.15, 0.2) is 0 Å². The van der Waals surface area contributed by atoms with E-state index in [9.17, 15) is 9.59 Å². The molecule has 6 heteroatoms. The largest absolute Gasteiger partial charge is 0.354 e. The van der Waals surface area contributed by atoms with Crippen LogP contribution < -0.4 is 10.6 Å². The van der Waals surface area contributed by atoms with Crippen LogP contribution in [0.1, 0.15) is 46.5 Å². The first-order valence-electron chi connectivity index (χ1n) is 8.18. The zero-order chi connectivity index (χ0) is 15.5. The molecule has 0 bridgehead atoms. The van der Waals surface area contributed by atoms with Gasteiger partial charge in [0.15, 0.2) is 0 Å². The summed E-state index contributed by atoms with van der Waals surface area (Å²) in [5.74, 6) is 0.207. The number of piperidine rings is 1. The summed E-state index contributed by atoms with van der Waals surface area (Å²) in [7, 11) is 0. The fraction of sp³-hybridized carbons (Fsp3) is 0.875. The normalized spacial score (nSPS) is 25.5. The summed E-state index contributed by atoms with van der Waals surface area (Å²) in [6.07, 6.45) is 4.14. The lowest BCUT2D eigenvalue weighted by molar-refractivity contribution is -0.142. The summed E-state index contributed by atoms with van der Waals surface area (Å²) in [6, 6.07) is 0.421. The summed E-state index contributed by atoms with van der Waals surface area (Å²) in [4.78, 5) is 26.5. The van der Waals surface area contributed by atoms with Crippen molar-refractivity contribution < 1.29 is 9.59 Å². The van der Waals surface area contributed by atoms with Crippen molar-refractivity contribution in [3.63, 3.8) is 0 Å². The molecule has 0 radical (unpaired) electrons. The van der Waals surface area contributed by atoms with E-state index in [0.717, 1.165) is 32.4 Å². The van der Waals surface area contributed by atoms with Crippen LogP contribution in [0.4, 0.5) is 0 Å². The molecule has 2 heterocycles. The van der Waals surface area contributed by atoms with E-state index in [1.54, 1.807) is 0 Å². The predicted molar refractivity (Wildman–Crippen MR) is 90.0 cm³/mol. The second-order valence-electron chi connectivity index (χ2n) is 7.38. The first kappa shape index (κ1) is 19.2. The van der Waals surface area contributed by atoms with Gasteiger partial charge in [-0.3, -0.25) is 9.59 Å². The van der Waals surface area contributed by atoms with Gasteiger partial charge in [0.1, 0.15) is 0 Å². The van der Waals surface area contributed by atoms with E-state index in [-0.39, 0.29) is 35.6 Å². The molecule has 2 amide bonds. The van der Waals surface area contributed by atoms with Crippen LogP contribution in [0.3, 0.4) is 0 Å². The van der Waals surface area contributed by atoms with Gasteiger partial charge in [0, 0.05) is 31.1 Å². The minimum Gasteiger partial charge on any atom is -0.354 e. The fourth-order valence-electron chi connectivity index (χ4n) is 3.15. The molecule has 22 heavy (non-hydrogen) atoms. The van der Waals surface area contributed by atoms with Gasteiger partial charge in [-0.2, -0.15) is 0 Å². The van der Waals surface area contributed by atoms with Crippen LogP contribution in [0.2, 0.25) is 0 Å². The molecule has 0 aromatic heterocycles. The van der Waals surface area contributed by atoms with Gasteiger partial charge in [0.05, 0.1) is 5.92 Å². The van der Waals surface area contributed by atoms with E-state index in [0.29, 0.717) is 19.1 Å². The zero-order valence-electron chi connectivity index (χ0n) is 14.0. The molecule has 2 N–H and O–H groups in total. The lowest BCUT2D eigenvalue weighted by Crippen LogP contribution is -2.49. The highest BCUT2D eigenvalue weighted by Gasteiger charge is 2.33. The molecule has 0 spiro atoms. The van der Waals surface area contributed by atoms with Gasteiger partial charge in [0.25, 0.3) is 0 Å². The molecule has 0 saturated carbocycles. The number of nitrogens with one attached hydrogen (secondary N) is 2. The molecule has 0 aromatic rings. The molecule has 128 valence electrons. The Labute approximate surface area is 140 Å². The Morgan fingerprint density at radius 3 is 2.55 bits per heavy atom. The summed E-state index contributed by atoms with van der Waals surface area (Å²) in [5, 5.41) is 6.44. The average Bonchev–Trinajstić information content (AvgIpc) is 2.96. The summed E-state index contributed by atoms with van der Waals surface area (Å²) in [5.41, 5.74) is -0.369. The topological polar surface area (TPSA) is 61.4 Å². The number of carbonyl (C=O) groups is 2. The summed E-state index contributed by atoms with van der Waals surface area (Å²) < 4.78 is 0. The minimum atomic E-state index is -0.369. The van der Waals surface area contributed by atoms with Gasteiger partial charge in [-0.05, 0) is 32.2 Å². The zero-order valence-corrected chi connectivity index (χ0v) is 14.8. The van der Waals surface area contributed by atoms with Crippen molar-refractivity contribution >= 4 is 24.2 Å². The third kappa shape index (κ3) is 5.13. The lowest BCUT2D eigenvalue weighted by atomic mass is 9.91. The van der Waals surface area contributed by atoms with Gasteiger partial charge in [-0.1, -0.05) is 20.8 Å². The molecule has 2 aliphatic heterocycles. The van der Waals surface area contributed by atoms with E-state index in [1.807, 2.05) is 25.7 Å². The summed E-state index contributed by atoms with van der Waals surface area (Å²) >= 11 is 0. The van der Waals surface area contributed by atoms with Gasteiger partial charge < -0.3 is 15.5 Å². The Balaban J connectivity index is 0.00000242. The Kier molecular flexibility index (Phi) is 7.13. The number of carbonyl (C=O) groups excluding carboxylic acids is 2. The number of likely N-dealkylation sites (tertiary alicyclic amines) is 1. The van der Waals surface area contributed by atoms with Gasteiger partial charge in [0.2, 0.25) is 11.8 Å². The molecular weight excluding hydrogens is 302 g/mol. The second kappa shape index (κ2) is 8.16. The Morgan fingerprint density at radius 1 is 1.23 bits per heavy atom. The first-order valence-corrected chi connectivity index (χ1v) is 8.18. The molecule has 2 saturated heterocycles. The van der Waals surface area contributed by atoms with Crippen LogP contribution in [0, 0.1) is 11.3 Å². The highest BCUT2D eigenvalue weighted by molar-refractivity contribution is 5.85. The van der Waals surface area contributed by atoms with E-state index < -0.39 is 0 Å². The third-order valence-corrected chi connectivity index (χ3v) is 4.41. The summed E-state index contributed by atoms with van der Waals surface area (Å²) in [6.45, 7) is 8.92. The second-order valence-corrected chi connectivity index (χ2v) is 7.38. The van der Waals surface area contributed by atoms with Crippen molar-refractivity contribution in [3.05, 3.63) is 0 Å². The maximum absolute atomic E-state index is 12.3. The number of hydrogen-bond donors (Lipinski definition) is 2.